The maximum Gasteiger partial charge on any atom is 0.284 e. The van der Waals surface area contributed by atoms with Crippen LogP contribution in [-0.2, 0) is 21.2 Å². The molecule has 8 heteroatoms. The Morgan fingerprint density at radius 3 is 2.72 bits per heavy atom. The molecule has 0 saturated carbocycles. The summed E-state index contributed by atoms with van der Waals surface area (Å²) in [6.45, 7) is 2.65. The van der Waals surface area contributed by atoms with Gasteiger partial charge in [-0.15, -0.1) is 4.40 Å². The molecule has 0 atom stereocenters. The van der Waals surface area contributed by atoms with Crippen LogP contribution in [0.15, 0.2) is 57.8 Å². The van der Waals surface area contributed by atoms with Crippen LogP contribution in [0.3, 0.4) is 0 Å². The number of para-hydroxylation sites is 1. The van der Waals surface area contributed by atoms with Crippen molar-refractivity contribution in [3.63, 3.8) is 0 Å². The van der Waals surface area contributed by atoms with E-state index in [9.17, 15) is 13.2 Å². The van der Waals surface area contributed by atoms with Crippen molar-refractivity contribution in [1.82, 2.24) is 4.90 Å². The first-order chi connectivity index (χ1) is 13.9. The third kappa shape index (κ3) is 5.35. The predicted octanol–water partition coefficient (Wildman–Crippen LogP) is 3.08. The maximum atomic E-state index is 12.6. The van der Waals surface area contributed by atoms with Gasteiger partial charge >= 0.3 is 0 Å². The fraction of sp³-hybridized carbons (Fsp3) is 0.333. The monoisotopic (exact) mass is 415 g/mol. The van der Waals surface area contributed by atoms with E-state index in [-0.39, 0.29) is 17.4 Å². The predicted molar refractivity (Wildman–Crippen MR) is 113 cm³/mol. The summed E-state index contributed by atoms with van der Waals surface area (Å²) in [7, 11) is -2.01. The standard InChI is InChI=1S/C21H25N3O4S/c1-3-16-8-4-5-11-19(16)28-15-21(25)22-17-9-6-10-18(14-17)29(26,27)23-20-12-7-13-24(20)2/h4-6,8-11,14H,3,7,12-13,15H2,1-2H3,(H,22,25). The first-order valence-electron chi connectivity index (χ1n) is 9.54. The van der Waals surface area contributed by atoms with Gasteiger partial charge in [-0.05, 0) is 42.7 Å². The second-order valence-electron chi connectivity index (χ2n) is 6.83. The topological polar surface area (TPSA) is 88.1 Å². The number of aryl methyl sites for hydroxylation is 1. The van der Waals surface area contributed by atoms with E-state index in [2.05, 4.69) is 9.71 Å². The fourth-order valence-corrected chi connectivity index (χ4v) is 4.25. The zero-order valence-electron chi connectivity index (χ0n) is 16.6. The summed E-state index contributed by atoms with van der Waals surface area (Å²) >= 11 is 0. The van der Waals surface area contributed by atoms with E-state index in [1.807, 2.05) is 43.1 Å². The van der Waals surface area contributed by atoms with E-state index in [4.69, 9.17) is 4.74 Å². The van der Waals surface area contributed by atoms with Crippen molar-refractivity contribution >= 4 is 27.5 Å². The largest absolute Gasteiger partial charge is 0.483 e. The van der Waals surface area contributed by atoms with Gasteiger partial charge in [0, 0.05) is 25.7 Å². The van der Waals surface area contributed by atoms with Crippen LogP contribution in [0.25, 0.3) is 0 Å². The molecule has 0 aromatic heterocycles. The third-order valence-corrected chi connectivity index (χ3v) is 5.99. The van der Waals surface area contributed by atoms with E-state index < -0.39 is 10.0 Å². The SMILES string of the molecule is CCc1ccccc1OCC(=O)Nc1cccc(S(=O)(=O)N=C2CCCN2C)c1. The van der Waals surface area contributed by atoms with Crippen LogP contribution in [0, 0.1) is 0 Å². The Hall–Kier alpha value is -2.87. The number of sulfonamides is 1. The molecular weight excluding hydrogens is 390 g/mol. The molecule has 2 aromatic carbocycles. The minimum Gasteiger partial charge on any atom is -0.483 e. The Balaban J connectivity index is 1.67. The average Bonchev–Trinajstić information content (AvgIpc) is 3.10. The Morgan fingerprint density at radius 2 is 2.00 bits per heavy atom. The molecule has 1 N–H and O–H groups in total. The highest BCUT2D eigenvalue weighted by molar-refractivity contribution is 7.90. The van der Waals surface area contributed by atoms with Gasteiger partial charge in [0.1, 0.15) is 11.6 Å². The summed E-state index contributed by atoms with van der Waals surface area (Å²) in [5, 5.41) is 2.68. The van der Waals surface area contributed by atoms with Crippen molar-refractivity contribution in [3.05, 3.63) is 54.1 Å². The summed E-state index contributed by atoms with van der Waals surface area (Å²) in [5.41, 5.74) is 1.40. The zero-order chi connectivity index (χ0) is 20.9. The van der Waals surface area contributed by atoms with Crippen molar-refractivity contribution in [1.29, 1.82) is 0 Å². The summed E-state index contributed by atoms with van der Waals surface area (Å²) in [6.07, 6.45) is 2.33. The van der Waals surface area contributed by atoms with Crippen LogP contribution in [0.5, 0.6) is 5.75 Å². The number of amidine groups is 1. The molecule has 0 unspecified atom stereocenters. The Bertz CT molecular complexity index is 1020. The van der Waals surface area contributed by atoms with E-state index in [0.29, 0.717) is 23.7 Å². The highest BCUT2D eigenvalue weighted by Crippen LogP contribution is 2.21. The molecule has 0 aliphatic carbocycles. The molecule has 29 heavy (non-hydrogen) atoms. The first-order valence-corrected chi connectivity index (χ1v) is 11.0. The van der Waals surface area contributed by atoms with Gasteiger partial charge in [0.2, 0.25) is 0 Å². The van der Waals surface area contributed by atoms with Gasteiger partial charge in [-0.2, -0.15) is 8.42 Å². The van der Waals surface area contributed by atoms with Crippen molar-refractivity contribution < 1.29 is 17.9 Å². The van der Waals surface area contributed by atoms with Gasteiger partial charge < -0.3 is 15.0 Å². The Kier molecular flexibility index (Phi) is 6.53. The number of nitrogens with zero attached hydrogens (tertiary/aromatic N) is 2. The number of hydrogen-bond acceptors (Lipinski definition) is 4. The Labute approximate surface area is 171 Å². The van der Waals surface area contributed by atoms with Crippen LogP contribution < -0.4 is 10.1 Å². The lowest BCUT2D eigenvalue weighted by Gasteiger charge is -2.12. The molecule has 3 rings (SSSR count). The number of hydrogen-bond donors (Lipinski definition) is 1. The molecule has 154 valence electrons. The van der Waals surface area contributed by atoms with Gasteiger partial charge in [-0.25, -0.2) is 0 Å². The van der Waals surface area contributed by atoms with Crippen LogP contribution in [0.2, 0.25) is 0 Å². The van der Waals surface area contributed by atoms with Crippen LogP contribution in [-0.4, -0.2) is 45.3 Å². The second kappa shape index (κ2) is 9.09. The van der Waals surface area contributed by atoms with E-state index in [1.54, 1.807) is 12.1 Å². The van der Waals surface area contributed by atoms with Crippen molar-refractivity contribution in [2.75, 3.05) is 25.5 Å². The molecular formula is C21H25N3O4S. The van der Waals surface area contributed by atoms with Crippen molar-refractivity contribution in [3.8, 4) is 5.75 Å². The number of anilines is 1. The lowest BCUT2D eigenvalue weighted by atomic mass is 10.1. The molecule has 7 nitrogen and oxygen atoms in total. The maximum absolute atomic E-state index is 12.6. The number of benzene rings is 2. The molecule has 1 aliphatic rings. The van der Waals surface area contributed by atoms with Gasteiger partial charge in [0.25, 0.3) is 15.9 Å². The first kappa shape index (κ1) is 20.9. The third-order valence-electron chi connectivity index (χ3n) is 4.69. The summed E-state index contributed by atoms with van der Waals surface area (Å²) in [5.74, 6) is 0.854. The molecule has 1 saturated heterocycles. The number of amides is 1. The van der Waals surface area contributed by atoms with Crippen molar-refractivity contribution in [2.24, 2.45) is 4.40 Å². The fourth-order valence-electron chi connectivity index (χ4n) is 3.11. The van der Waals surface area contributed by atoms with E-state index in [1.165, 1.54) is 12.1 Å². The van der Waals surface area contributed by atoms with Crippen LogP contribution >= 0.6 is 0 Å². The van der Waals surface area contributed by atoms with Crippen LogP contribution in [0.1, 0.15) is 25.3 Å². The smallest absolute Gasteiger partial charge is 0.284 e. The minimum atomic E-state index is -3.84. The summed E-state index contributed by atoms with van der Waals surface area (Å²) in [6, 6.07) is 13.6. The molecule has 1 amide bonds. The highest BCUT2D eigenvalue weighted by atomic mass is 32.2. The zero-order valence-corrected chi connectivity index (χ0v) is 17.4. The number of likely N-dealkylation sites (tertiary alicyclic amines) is 1. The number of carbonyl (C=O) groups excluding carboxylic acids is 1. The van der Waals surface area contributed by atoms with Crippen molar-refractivity contribution in [2.45, 2.75) is 31.1 Å². The van der Waals surface area contributed by atoms with E-state index >= 15 is 0 Å². The normalized spacial score (nSPS) is 15.5. The molecule has 2 aromatic rings. The quantitative estimate of drug-likeness (QED) is 0.751. The molecule has 0 radical (unpaired) electrons. The van der Waals surface area contributed by atoms with Gasteiger partial charge in [0.05, 0.1) is 4.90 Å². The Morgan fingerprint density at radius 1 is 1.21 bits per heavy atom. The van der Waals surface area contributed by atoms with Gasteiger partial charge in [0.15, 0.2) is 6.61 Å². The molecule has 1 fully saturated rings. The van der Waals surface area contributed by atoms with Gasteiger partial charge in [-0.1, -0.05) is 31.2 Å². The minimum absolute atomic E-state index is 0.0420. The number of ether oxygens (including phenoxy) is 1. The average molecular weight is 416 g/mol. The lowest BCUT2D eigenvalue weighted by molar-refractivity contribution is -0.118. The number of rotatable bonds is 7. The van der Waals surface area contributed by atoms with E-state index in [0.717, 1.165) is 24.9 Å². The molecule has 0 spiro atoms. The molecule has 0 bridgehead atoms. The summed E-state index contributed by atoms with van der Waals surface area (Å²) in [4.78, 5) is 14.1. The summed E-state index contributed by atoms with van der Waals surface area (Å²) < 4.78 is 34.8. The molecule has 1 aliphatic heterocycles. The highest BCUT2D eigenvalue weighted by Gasteiger charge is 2.20. The lowest BCUT2D eigenvalue weighted by Crippen LogP contribution is -2.21. The second-order valence-corrected chi connectivity index (χ2v) is 8.44. The number of nitrogens with one attached hydrogen (secondary N) is 1. The van der Waals surface area contributed by atoms with Gasteiger partial charge in [-0.3, -0.25) is 4.79 Å². The number of carbonyl (C=O) groups is 1. The molecule has 1 heterocycles. The van der Waals surface area contributed by atoms with Crippen LogP contribution in [0.4, 0.5) is 5.69 Å².